The quantitative estimate of drug-likeness (QED) is 0.810. The predicted octanol–water partition coefficient (Wildman–Crippen LogP) is 2.76. The zero-order valence-corrected chi connectivity index (χ0v) is 13.5. The second-order valence-electron chi connectivity index (χ2n) is 6.01. The van der Waals surface area contributed by atoms with Crippen molar-refractivity contribution in [2.45, 2.75) is 18.9 Å². The molecular weight excluding hydrogens is 328 g/mol. The van der Waals surface area contributed by atoms with Crippen molar-refractivity contribution >= 4 is 5.91 Å². The summed E-state index contributed by atoms with van der Waals surface area (Å²) < 4.78 is 32.2. The summed E-state index contributed by atoms with van der Waals surface area (Å²) in [6.45, 7) is 0.378. The van der Waals surface area contributed by atoms with Gasteiger partial charge in [-0.05, 0) is 30.0 Å². The van der Waals surface area contributed by atoms with E-state index in [2.05, 4.69) is 5.32 Å². The first-order valence-corrected chi connectivity index (χ1v) is 8.14. The van der Waals surface area contributed by atoms with E-state index < -0.39 is 11.6 Å². The van der Waals surface area contributed by atoms with Gasteiger partial charge in [0.05, 0.1) is 6.61 Å². The first-order valence-electron chi connectivity index (χ1n) is 8.14. The number of hydrogen-bond acceptors (Lipinski definition) is 3. The molecule has 25 heavy (non-hydrogen) atoms. The molecule has 1 fully saturated rings. The summed E-state index contributed by atoms with van der Waals surface area (Å²) in [5, 5.41) is 11.7. The number of para-hydroxylation sites is 1. The molecule has 0 radical (unpaired) electrons. The molecule has 132 valence electrons. The molecule has 1 amide bonds. The average molecular weight is 347 g/mol. The van der Waals surface area contributed by atoms with E-state index in [1.165, 1.54) is 12.1 Å². The normalized spacial score (nSPS) is 18.7. The maximum Gasteiger partial charge on any atom is 0.224 e. The molecule has 0 heterocycles. The molecule has 1 saturated carbocycles. The number of benzene rings is 2. The van der Waals surface area contributed by atoms with Crippen LogP contribution in [0.3, 0.4) is 0 Å². The minimum Gasteiger partial charge on any atom is -0.491 e. The number of amides is 1. The fourth-order valence-electron chi connectivity index (χ4n) is 2.89. The molecule has 1 aliphatic carbocycles. The molecule has 2 aromatic carbocycles. The second kappa shape index (κ2) is 7.61. The molecule has 6 heteroatoms. The van der Waals surface area contributed by atoms with Crippen LogP contribution < -0.4 is 10.1 Å². The molecule has 2 unspecified atom stereocenters. The van der Waals surface area contributed by atoms with Crippen molar-refractivity contribution < 1.29 is 23.4 Å². The van der Waals surface area contributed by atoms with E-state index in [1.54, 1.807) is 6.07 Å². The smallest absolute Gasteiger partial charge is 0.224 e. The second-order valence-corrected chi connectivity index (χ2v) is 6.01. The fraction of sp³-hybridized carbons (Fsp3) is 0.316. The van der Waals surface area contributed by atoms with Crippen LogP contribution >= 0.6 is 0 Å². The van der Waals surface area contributed by atoms with Gasteiger partial charge in [-0.25, -0.2) is 8.78 Å². The third-order valence-corrected chi connectivity index (χ3v) is 4.26. The van der Waals surface area contributed by atoms with E-state index >= 15 is 0 Å². The van der Waals surface area contributed by atoms with Crippen LogP contribution in [0.2, 0.25) is 0 Å². The lowest BCUT2D eigenvalue weighted by molar-refractivity contribution is -0.122. The van der Waals surface area contributed by atoms with Gasteiger partial charge in [-0.1, -0.05) is 24.3 Å². The van der Waals surface area contributed by atoms with Crippen molar-refractivity contribution in [1.82, 2.24) is 5.32 Å². The van der Waals surface area contributed by atoms with Gasteiger partial charge in [-0.15, -0.1) is 0 Å². The number of halogens is 2. The summed E-state index contributed by atoms with van der Waals surface area (Å²) in [5.74, 6) is -1.29. The van der Waals surface area contributed by atoms with Crippen LogP contribution in [-0.4, -0.2) is 24.2 Å². The van der Waals surface area contributed by atoms with E-state index in [0.29, 0.717) is 17.7 Å². The van der Waals surface area contributed by atoms with Gasteiger partial charge in [0, 0.05) is 24.1 Å². The maximum absolute atomic E-state index is 13.8. The molecular formula is C19H19F2NO3. The molecule has 1 aliphatic rings. The number of carbonyl (C=O) groups is 1. The summed E-state index contributed by atoms with van der Waals surface area (Å²) in [4.78, 5) is 12.3. The van der Waals surface area contributed by atoms with Crippen LogP contribution in [0.25, 0.3) is 0 Å². The summed E-state index contributed by atoms with van der Waals surface area (Å²) in [6.07, 6.45) is 0.553. The molecule has 0 saturated heterocycles. The van der Waals surface area contributed by atoms with Crippen molar-refractivity contribution in [3.63, 3.8) is 0 Å². The highest BCUT2D eigenvalue weighted by Crippen LogP contribution is 2.48. The van der Waals surface area contributed by atoms with Crippen LogP contribution in [0.1, 0.15) is 23.5 Å². The fourth-order valence-corrected chi connectivity index (χ4v) is 2.89. The SMILES string of the molecule is O=C(NCc1ccccc1OCCO)C1CC1c1ccc(F)cc1F. The maximum atomic E-state index is 13.8. The highest BCUT2D eigenvalue weighted by Gasteiger charge is 2.45. The largest absolute Gasteiger partial charge is 0.491 e. The van der Waals surface area contributed by atoms with Crippen molar-refractivity contribution in [3.05, 3.63) is 65.2 Å². The number of hydrogen-bond donors (Lipinski definition) is 2. The van der Waals surface area contributed by atoms with Gasteiger partial charge in [0.25, 0.3) is 0 Å². The van der Waals surface area contributed by atoms with Crippen LogP contribution in [0.15, 0.2) is 42.5 Å². The van der Waals surface area contributed by atoms with Gasteiger partial charge in [0.15, 0.2) is 0 Å². The minimum atomic E-state index is -0.623. The molecule has 0 aliphatic heterocycles. The summed E-state index contributed by atoms with van der Waals surface area (Å²) >= 11 is 0. The lowest BCUT2D eigenvalue weighted by Gasteiger charge is -2.11. The Morgan fingerprint density at radius 3 is 2.80 bits per heavy atom. The van der Waals surface area contributed by atoms with Gasteiger partial charge in [0.2, 0.25) is 5.91 Å². The van der Waals surface area contributed by atoms with Gasteiger partial charge in [0.1, 0.15) is 24.0 Å². The Balaban J connectivity index is 1.58. The van der Waals surface area contributed by atoms with Gasteiger partial charge in [-0.2, -0.15) is 0 Å². The molecule has 2 atom stereocenters. The number of carbonyl (C=O) groups excluding carboxylic acids is 1. The van der Waals surface area contributed by atoms with Crippen molar-refractivity contribution in [3.8, 4) is 5.75 Å². The number of aliphatic hydroxyl groups is 1. The molecule has 2 aromatic rings. The first-order chi connectivity index (χ1) is 12.1. The van der Waals surface area contributed by atoms with Crippen molar-refractivity contribution in [2.75, 3.05) is 13.2 Å². The Bertz CT molecular complexity index is 766. The molecule has 4 nitrogen and oxygen atoms in total. The summed E-state index contributed by atoms with van der Waals surface area (Å²) in [5.41, 5.74) is 1.18. The predicted molar refractivity (Wildman–Crippen MR) is 88.1 cm³/mol. The summed E-state index contributed by atoms with van der Waals surface area (Å²) in [7, 11) is 0. The molecule has 2 N–H and O–H groups in total. The van der Waals surface area contributed by atoms with E-state index in [4.69, 9.17) is 9.84 Å². The zero-order valence-electron chi connectivity index (χ0n) is 13.5. The molecule has 0 aromatic heterocycles. The number of rotatable bonds is 7. The highest BCUT2D eigenvalue weighted by atomic mass is 19.1. The Labute approximate surface area is 144 Å². The summed E-state index contributed by atoms with van der Waals surface area (Å²) in [6, 6.07) is 10.7. The van der Waals surface area contributed by atoms with E-state index in [-0.39, 0.29) is 37.5 Å². The Morgan fingerprint density at radius 2 is 2.04 bits per heavy atom. The van der Waals surface area contributed by atoms with Crippen molar-refractivity contribution in [2.24, 2.45) is 5.92 Å². The third-order valence-electron chi connectivity index (χ3n) is 4.26. The Kier molecular flexibility index (Phi) is 5.28. The van der Waals surface area contributed by atoms with Gasteiger partial charge >= 0.3 is 0 Å². The zero-order chi connectivity index (χ0) is 17.8. The number of aliphatic hydroxyl groups excluding tert-OH is 1. The van der Waals surface area contributed by atoms with Gasteiger partial charge in [-0.3, -0.25) is 4.79 Å². The lowest BCUT2D eigenvalue weighted by Crippen LogP contribution is -2.25. The average Bonchev–Trinajstić information content (AvgIpc) is 3.39. The van der Waals surface area contributed by atoms with Crippen LogP contribution in [0, 0.1) is 17.6 Å². The topological polar surface area (TPSA) is 58.6 Å². The number of nitrogens with one attached hydrogen (secondary N) is 1. The standard InChI is InChI=1S/C19H19F2NO3/c20-13-5-6-14(17(21)9-13)15-10-16(15)19(24)22-11-12-3-1-2-4-18(12)25-8-7-23/h1-6,9,15-16,23H,7-8,10-11H2,(H,22,24). The van der Waals surface area contributed by atoms with E-state index in [9.17, 15) is 13.6 Å². The molecule has 0 bridgehead atoms. The van der Waals surface area contributed by atoms with E-state index in [1.807, 2.05) is 18.2 Å². The first kappa shape index (κ1) is 17.4. The monoisotopic (exact) mass is 347 g/mol. The Morgan fingerprint density at radius 1 is 1.24 bits per heavy atom. The van der Waals surface area contributed by atoms with Gasteiger partial charge < -0.3 is 15.2 Å². The molecule has 3 rings (SSSR count). The van der Waals surface area contributed by atoms with Crippen molar-refractivity contribution in [1.29, 1.82) is 0 Å². The number of ether oxygens (including phenoxy) is 1. The van der Waals surface area contributed by atoms with Crippen LogP contribution in [0.5, 0.6) is 5.75 Å². The Hall–Kier alpha value is -2.47. The third kappa shape index (κ3) is 4.14. The lowest BCUT2D eigenvalue weighted by atomic mass is 10.1. The van der Waals surface area contributed by atoms with E-state index in [0.717, 1.165) is 11.6 Å². The minimum absolute atomic E-state index is 0.0896. The van der Waals surface area contributed by atoms with Crippen LogP contribution in [0.4, 0.5) is 8.78 Å². The highest BCUT2D eigenvalue weighted by molar-refractivity contribution is 5.82. The van der Waals surface area contributed by atoms with Crippen LogP contribution in [-0.2, 0) is 11.3 Å². The molecule has 0 spiro atoms.